The van der Waals surface area contributed by atoms with E-state index in [0.717, 1.165) is 4.48 Å². The van der Waals surface area contributed by atoms with Gasteiger partial charge in [0.25, 0.3) is 0 Å². The summed E-state index contributed by atoms with van der Waals surface area (Å²) in [6, 6.07) is 13.5. The molecule has 0 unspecified atom stereocenters. The molecule has 3 rings (SSSR count). The van der Waals surface area contributed by atoms with Crippen molar-refractivity contribution in [1.82, 2.24) is 4.48 Å². The lowest BCUT2D eigenvalue weighted by Gasteiger charge is -2.25. The lowest BCUT2D eigenvalue weighted by molar-refractivity contribution is 0.568. The highest BCUT2D eigenvalue weighted by molar-refractivity contribution is 5.94. The van der Waals surface area contributed by atoms with E-state index in [1.165, 1.54) is 33.6 Å². The molecule has 2 aromatic rings. The largest absolute Gasteiger partial charge is 0.263 e. The Morgan fingerprint density at radius 3 is 1.53 bits per heavy atom. The number of fused-ring (bicyclic) bond motifs is 3. The molecule has 17 heavy (non-hydrogen) atoms. The molecule has 0 atom stereocenters. The SMILES string of the molecule is Cc1ccc2c(c1)[N+](C)(C)c1cc(C)ccc1-2. The molecule has 1 aliphatic rings. The van der Waals surface area contributed by atoms with E-state index in [1.807, 2.05) is 0 Å². The molecule has 0 spiro atoms. The first kappa shape index (κ1) is 10.5. The molecule has 0 saturated heterocycles. The Morgan fingerprint density at radius 1 is 0.706 bits per heavy atom. The van der Waals surface area contributed by atoms with Crippen molar-refractivity contribution >= 4 is 11.4 Å². The molecule has 86 valence electrons. The normalized spacial score (nSPS) is 15.5. The molecule has 0 amide bonds. The fraction of sp³-hybridized carbons (Fsp3) is 0.250. The van der Waals surface area contributed by atoms with E-state index in [0.29, 0.717) is 0 Å². The van der Waals surface area contributed by atoms with Gasteiger partial charge in [0, 0.05) is 23.3 Å². The molecule has 0 aliphatic carbocycles. The van der Waals surface area contributed by atoms with Crippen molar-refractivity contribution in [3.63, 3.8) is 0 Å². The van der Waals surface area contributed by atoms with Crippen LogP contribution in [0.15, 0.2) is 36.4 Å². The van der Waals surface area contributed by atoms with Gasteiger partial charge in [0.15, 0.2) is 0 Å². The van der Waals surface area contributed by atoms with Gasteiger partial charge < -0.3 is 0 Å². The van der Waals surface area contributed by atoms with Gasteiger partial charge >= 0.3 is 0 Å². The highest BCUT2D eigenvalue weighted by Crippen LogP contribution is 2.50. The average molecular weight is 224 g/mol. The third kappa shape index (κ3) is 1.36. The van der Waals surface area contributed by atoms with Gasteiger partial charge in [-0.3, -0.25) is 4.48 Å². The second-order valence-corrected chi connectivity index (χ2v) is 5.49. The average Bonchev–Trinajstić information content (AvgIpc) is 2.49. The predicted molar refractivity (Wildman–Crippen MR) is 74.7 cm³/mol. The molecule has 0 aromatic heterocycles. The van der Waals surface area contributed by atoms with E-state index in [4.69, 9.17) is 0 Å². The highest BCUT2D eigenvalue weighted by Gasteiger charge is 2.36. The zero-order valence-electron chi connectivity index (χ0n) is 10.9. The van der Waals surface area contributed by atoms with Gasteiger partial charge in [0.1, 0.15) is 11.4 Å². The van der Waals surface area contributed by atoms with E-state index < -0.39 is 0 Å². The van der Waals surface area contributed by atoms with Crippen molar-refractivity contribution in [2.45, 2.75) is 13.8 Å². The summed E-state index contributed by atoms with van der Waals surface area (Å²) < 4.78 is 0.855. The number of hydrogen-bond donors (Lipinski definition) is 0. The maximum atomic E-state index is 2.31. The van der Waals surface area contributed by atoms with Crippen molar-refractivity contribution in [2.24, 2.45) is 0 Å². The van der Waals surface area contributed by atoms with E-state index >= 15 is 0 Å². The summed E-state index contributed by atoms with van der Waals surface area (Å²) in [6.45, 7) is 4.32. The summed E-state index contributed by atoms with van der Waals surface area (Å²) in [6.07, 6.45) is 0. The Kier molecular flexibility index (Phi) is 1.99. The summed E-state index contributed by atoms with van der Waals surface area (Å²) in [5.74, 6) is 0. The second-order valence-electron chi connectivity index (χ2n) is 5.49. The van der Waals surface area contributed by atoms with Crippen molar-refractivity contribution in [1.29, 1.82) is 0 Å². The number of rotatable bonds is 0. The Bertz CT molecular complexity index is 555. The molecule has 0 N–H and O–H groups in total. The van der Waals surface area contributed by atoms with Crippen LogP contribution in [0.4, 0.5) is 11.4 Å². The van der Waals surface area contributed by atoms with E-state index in [-0.39, 0.29) is 0 Å². The van der Waals surface area contributed by atoms with Gasteiger partial charge in [-0.1, -0.05) is 12.1 Å². The van der Waals surface area contributed by atoms with Gasteiger partial charge in [-0.2, -0.15) is 0 Å². The first-order chi connectivity index (χ1) is 8.00. The first-order valence-electron chi connectivity index (χ1n) is 6.07. The summed E-state index contributed by atoms with van der Waals surface area (Å²) >= 11 is 0. The van der Waals surface area contributed by atoms with Gasteiger partial charge in [-0.25, -0.2) is 0 Å². The van der Waals surface area contributed by atoms with Crippen LogP contribution in [0.5, 0.6) is 0 Å². The van der Waals surface area contributed by atoms with Crippen LogP contribution in [0, 0.1) is 13.8 Å². The molecule has 1 heteroatoms. The van der Waals surface area contributed by atoms with Crippen molar-refractivity contribution in [3.05, 3.63) is 47.5 Å². The number of hydrogen-bond acceptors (Lipinski definition) is 0. The standard InChI is InChI=1S/C16H18N/c1-11-5-7-13-14-8-6-12(2)10-16(14)17(3,4)15(13)9-11/h5-10H,1-4H3/q+1. The quantitative estimate of drug-likeness (QED) is 0.589. The Morgan fingerprint density at radius 2 is 1.12 bits per heavy atom. The summed E-state index contributed by atoms with van der Waals surface area (Å²) in [5.41, 5.74) is 8.25. The summed E-state index contributed by atoms with van der Waals surface area (Å²) in [7, 11) is 4.53. The minimum Gasteiger partial charge on any atom is -0.263 e. The van der Waals surface area contributed by atoms with Gasteiger partial charge in [0.05, 0.1) is 14.1 Å². The minimum atomic E-state index is 0.855. The van der Waals surface area contributed by atoms with Gasteiger partial charge in [-0.15, -0.1) is 0 Å². The van der Waals surface area contributed by atoms with E-state index in [1.54, 1.807) is 0 Å². The third-order valence-corrected chi connectivity index (χ3v) is 3.80. The van der Waals surface area contributed by atoms with Crippen molar-refractivity contribution in [2.75, 3.05) is 14.1 Å². The maximum absolute atomic E-state index is 2.31. The van der Waals surface area contributed by atoms with Crippen LogP contribution >= 0.6 is 0 Å². The number of benzene rings is 2. The second kappa shape index (κ2) is 3.21. The summed E-state index contributed by atoms with van der Waals surface area (Å²) in [5, 5.41) is 0. The van der Waals surface area contributed by atoms with Gasteiger partial charge in [0.2, 0.25) is 0 Å². The van der Waals surface area contributed by atoms with E-state index in [9.17, 15) is 0 Å². The Hall–Kier alpha value is -1.60. The van der Waals surface area contributed by atoms with Crippen LogP contribution in [0.2, 0.25) is 0 Å². The molecular weight excluding hydrogens is 206 g/mol. The fourth-order valence-corrected chi connectivity index (χ4v) is 2.79. The molecule has 1 nitrogen and oxygen atoms in total. The zero-order chi connectivity index (χ0) is 12.2. The Labute approximate surface area is 103 Å². The molecule has 1 aliphatic heterocycles. The van der Waals surface area contributed by atoms with Crippen LogP contribution in [-0.4, -0.2) is 14.1 Å². The number of aryl methyl sites for hydroxylation is 2. The van der Waals surface area contributed by atoms with Crippen LogP contribution in [0.3, 0.4) is 0 Å². The van der Waals surface area contributed by atoms with Crippen LogP contribution in [0.1, 0.15) is 11.1 Å². The molecular formula is C16H18N+. The molecule has 0 radical (unpaired) electrons. The third-order valence-electron chi connectivity index (χ3n) is 3.80. The predicted octanol–water partition coefficient (Wildman–Crippen LogP) is 4.18. The minimum absolute atomic E-state index is 0.855. The van der Waals surface area contributed by atoms with Crippen molar-refractivity contribution < 1.29 is 0 Å². The van der Waals surface area contributed by atoms with Gasteiger partial charge in [-0.05, 0) is 37.1 Å². The molecule has 0 saturated carbocycles. The molecule has 0 bridgehead atoms. The zero-order valence-corrected chi connectivity index (χ0v) is 10.9. The fourth-order valence-electron chi connectivity index (χ4n) is 2.79. The molecule has 2 aromatic carbocycles. The van der Waals surface area contributed by atoms with Crippen molar-refractivity contribution in [3.8, 4) is 11.1 Å². The lowest BCUT2D eigenvalue weighted by atomic mass is 10.0. The highest BCUT2D eigenvalue weighted by atomic mass is 15.3. The lowest BCUT2D eigenvalue weighted by Crippen LogP contribution is -2.32. The molecule has 0 fully saturated rings. The summed E-state index contributed by atoms with van der Waals surface area (Å²) in [4.78, 5) is 0. The molecule has 1 heterocycles. The topological polar surface area (TPSA) is 0 Å². The maximum Gasteiger partial charge on any atom is 0.145 e. The van der Waals surface area contributed by atoms with E-state index in [2.05, 4.69) is 64.3 Å². The first-order valence-corrected chi connectivity index (χ1v) is 6.07. The number of quaternary nitrogens is 1. The van der Waals surface area contributed by atoms with Crippen LogP contribution < -0.4 is 4.48 Å². The van der Waals surface area contributed by atoms with Crippen LogP contribution in [-0.2, 0) is 0 Å². The smallest absolute Gasteiger partial charge is 0.145 e. The Balaban J connectivity index is 2.37. The number of nitrogens with zero attached hydrogens (tertiary/aromatic N) is 1. The monoisotopic (exact) mass is 224 g/mol. The van der Waals surface area contributed by atoms with Crippen LogP contribution in [0.25, 0.3) is 11.1 Å².